The normalized spacial score (nSPS) is 11.8. The topological polar surface area (TPSA) is 116 Å². The molecule has 0 aliphatic heterocycles. The number of hydrogen-bond acceptors (Lipinski definition) is 6. The summed E-state index contributed by atoms with van der Waals surface area (Å²) in [6.07, 6.45) is 4.34. The van der Waals surface area contributed by atoms with E-state index in [9.17, 15) is 9.59 Å². The summed E-state index contributed by atoms with van der Waals surface area (Å²) in [6.45, 7) is 4.64. The van der Waals surface area contributed by atoms with E-state index in [0.717, 1.165) is 24.4 Å². The maximum Gasteiger partial charge on any atom is 0.248 e. The van der Waals surface area contributed by atoms with E-state index in [1.54, 1.807) is 36.7 Å². The lowest BCUT2D eigenvalue weighted by atomic mass is 10.2. The monoisotopic (exact) mass is 410 g/mol. The molecule has 0 aliphatic rings. The SMILES string of the molecule is CCCn1c(S[C@H](C)C(=O)Nc2ccc(C(N)=O)cc2)nnc1-c1ccncc1. The van der Waals surface area contributed by atoms with Gasteiger partial charge >= 0.3 is 0 Å². The van der Waals surface area contributed by atoms with Crippen LogP contribution in [0.5, 0.6) is 0 Å². The lowest BCUT2D eigenvalue weighted by Crippen LogP contribution is -2.23. The van der Waals surface area contributed by atoms with Crippen LogP contribution < -0.4 is 11.1 Å². The van der Waals surface area contributed by atoms with Crippen molar-refractivity contribution in [2.75, 3.05) is 5.32 Å². The third kappa shape index (κ3) is 5.00. The number of anilines is 1. The summed E-state index contributed by atoms with van der Waals surface area (Å²) < 4.78 is 2.02. The molecule has 0 fully saturated rings. The van der Waals surface area contributed by atoms with Gasteiger partial charge in [-0.1, -0.05) is 18.7 Å². The third-order valence-electron chi connectivity index (χ3n) is 4.19. The number of hydrogen-bond donors (Lipinski definition) is 2. The Labute approximate surface area is 172 Å². The predicted octanol–water partition coefficient (Wildman–Crippen LogP) is 2.97. The largest absolute Gasteiger partial charge is 0.366 e. The molecule has 9 heteroatoms. The predicted molar refractivity (Wildman–Crippen MR) is 112 cm³/mol. The first kappa shape index (κ1) is 20.5. The minimum atomic E-state index is -0.507. The van der Waals surface area contributed by atoms with Crippen molar-refractivity contribution in [3.63, 3.8) is 0 Å². The van der Waals surface area contributed by atoms with E-state index >= 15 is 0 Å². The number of thioether (sulfide) groups is 1. The van der Waals surface area contributed by atoms with E-state index in [1.165, 1.54) is 11.8 Å². The average molecular weight is 411 g/mol. The minimum absolute atomic E-state index is 0.168. The number of benzene rings is 1. The smallest absolute Gasteiger partial charge is 0.248 e. The molecule has 2 amide bonds. The van der Waals surface area contributed by atoms with Gasteiger partial charge in [-0.25, -0.2) is 0 Å². The summed E-state index contributed by atoms with van der Waals surface area (Å²) in [5.41, 5.74) is 7.15. The van der Waals surface area contributed by atoms with E-state index in [4.69, 9.17) is 5.73 Å². The zero-order valence-corrected chi connectivity index (χ0v) is 17.0. The van der Waals surface area contributed by atoms with Gasteiger partial charge in [0.2, 0.25) is 11.8 Å². The molecule has 0 saturated carbocycles. The van der Waals surface area contributed by atoms with Crippen LogP contribution >= 0.6 is 11.8 Å². The Kier molecular flexibility index (Phi) is 6.61. The molecule has 2 heterocycles. The molecule has 150 valence electrons. The van der Waals surface area contributed by atoms with E-state index in [0.29, 0.717) is 16.4 Å². The highest BCUT2D eigenvalue weighted by Crippen LogP contribution is 2.27. The number of amides is 2. The number of pyridine rings is 1. The van der Waals surface area contributed by atoms with Crippen LogP contribution in [-0.4, -0.2) is 36.8 Å². The Hall–Kier alpha value is -3.20. The van der Waals surface area contributed by atoms with Gasteiger partial charge in [0.25, 0.3) is 0 Å². The van der Waals surface area contributed by atoms with Gasteiger partial charge in [-0.05, 0) is 49.7 Å². The summed E-state index contributed by atoms with van der Waals surface area (Å²) in [5, 5.41) is 11.7. The fourth-order valence-electron chi connectivity index (χ4n) is 2.69. The van der Waals surface area contributed by atoms with Gasteiger partial charge in [0.1, 0.15) is 0 Å². The molecule has 0 aliphatic carbocycles. The van der Waals surface area contributed by atoms with Gasteiger partial charge in [-0.15, -0.1) is 10.2 Å². The van der Waals surface area contributed by atoms with Crippen molar-refractivity contribution in [2.45, 2.75) is 37.2 Å². The number of nitrogens with zero attached hydrogens (tertiary/aromatic N) is 4. The zero-order chi connectivity index (χ0) is 20.8. The Morgan fingerprint density at radius 1 is 1.14 bits per heavy atom. The van der Waals surface area contributed by atoms with Crippen molar-refractivity contribution < 1.29 is 9.59 Å². The van der Waals surface area contributed by atoms with Crippen molar-refractivity contribution in [1.82, 2.24) is 19.7 Å². The van der Waals surface area contributed by atoms with Gasteiger partial charge in [-0.2, -0.15) is 0 Å². The first-order valence-electron chi connectivity index (χ1n) is 9.20. The summed E-state index contributed by atoms with van der Waals surface area (Å²) in [5.74, 6) is 0.0804. The van der Waals surface area contributed by atoms with Crippen LogP contribution in [0.15, 0.2) is 53.9 Å². The molecule has 0 saturated heterocycles. The number of aromatic nitrogens is 4. The lowest BCUT2D eigenvalue weighted by Gasteiger charge is -2.13. The van der Waals surface area contributed by atoms with Crippen molar-refractivity contribution in [1.29, 1.82) is 0 Å². The number of carbonyl (C=O) groups is 2. The van der Waals surface area contributed by atoms with Crippen molar-refractivity contribution in [2.24, 2.45) is 5.73 Å². The zero-order valence-electron chi connectivity index (χ0n) is 16.2. The Bertz CT molecular complexity index is 988. The van der Waals surface area contributed by atoms with E-state index in [2.05, 4.69) is 27.4 Å². The van der Waals surface area contributed by atoms with Crippen LogP contribution in [0, 0.1) is 0 Å². The summed E-state index contributed by atoms with van der Waals surface area (Å²) in [4.78, 5) is 27.8. The van der Waals surface area contributed by atoms with E-state index in [-0.39, 0.29) is 5.91 Å². The molecule has 3 rings (SSSR count). The van der Waals surface area contributed by atoms with E-state index < -0.39 is 11.2 Å². The van der Waals surface area contributed by atoms with Crippen molar-refractivity contribution in [3.8, 4) is 11.4 Å². The Morgan fingerprint density at radius 3 is 2.45 bits per heavy atom. The van der Waals surface area contributed by atoms with Crippen molar-refractivity contribution in [3.05, 3.63) is 54.4 Å². The lowest BCUT2D eigenvalue weighted by molar-refractivity contribution is -0.115. The standard InChI is InChI=1S/C20H22N6O2S/c1-3-12-26-18(15-8-10-22-11-9-15)24-25-20(26)29-13(2)19(28)23-16-6-4-14(5-7-16)17(21)27/h4-11,13H,3,12H2,1-2H3,(H2,21,27)(H,23,28)/t13-/m1/s1. The minimum Gasteiger partial charge on any atom is -0.366 e. The molecular weight excluding hydrogens is 388 g/mol. The van der Waals surface area contributed by atoms with Gasteiger partial charge in [-0.3, -0.25) is 14.6 Å². The highest BCUT2D eigenvalue weighted by atomic mass is 32.2. The van der Waals surface area contributed by atoms with Crippen LogP contribution in [0.2, 0.25) is 0 Å². The van der Waals surface area contributed by atoms with Crippen LogP contribution in [0.3, 0.4) is 0 Å². The van der Waals surface area contributed by atoms with Crippen LogP contribution in [-0.2, 0) is 11.3 Å². The van der Waals surface area contributed by atoms with E-state index in [1.807, 2.05) is 23.6 Å². The molecule has 0 unspecified atom stereocenters. The van der Waals surface area contributed by atoms with Gasteiger partial charge < -0.3 is 15.6 Å². The molecule has 3 aromatic rings. The Balaban J connectivity index is 1.72. The number of rotatable bonds is 8. The van der Waals surface area contributed by atoms with Gasteiger partial charge in [0, 0.05) is 35.8 Å². The number of nitrogens with one attached hydrogen (secondary N) is 1. The average Bonchev–Trinajstić information content (AvgIpc) is 3.11. The second-order valence-corrected chi connectivity index (χ2v) is 7.69. The highest BCUT2D eigenvalue weighted by molar-refractivity contribution is 8.00. The quantitative estimate of drug-likeness (QED) is 0.552. The molecule has 0 radical (unpaired) electrons. The second-order valence-electron chi connectivity index (χ2n) is 6.38. The Morgan fingerprint density at radius 2 is 1.83 bits per heavy atom. The summed E-state index contributed by atoms with van der Waals surface area (Å²) in [6, 6.07) is 10.2. The number of nitrogens with two attached hydrogens (primary N) is 1. The second kappa shape index (κ2) is 9.33. The van der Waals surface area contributed by atoms with Crippen LogP contribution in [0.4, 0.5) is 5.69 Å². The van der Waals surface area contributed by atoms with Crippen LogP contribution in [0.25, 0.3) is 11.4 Å². The fraction of sp³-hybridized carbons (Fsp3) is 0.250. The first-order valence-corrected chi connectivity index (χ1v) is 10.1. The molecule has 29 heavy (non-hydrogen) atoms. The van der Waals surface area contributed by atoms with Crippen LogP contribution in [0.1, 0.15) is 30.6 Å². The fourth-order valence-corrected chi connectivity index (χ4v) is 3.56. The number of primary amides is 1. The summed E-state index contributed by atoms with van der Waals surface area (Å²) >= 11 is 1.35. The molecule has 0 spiro atoms. The molecule has 1 atom stereocenters. The van der Waals surface area contributed by atoms with Gasteiger partial charge in [0.05, 0.1) is 5.25 Å². The number of carbonyl (C=O) groups excluding carboxylic acids is 2. The third-order valence-corrected chi connectivity index (χ3v) is 5.27. The maximum atomic E-state index is 12.6. The summed E-state index contributed by atoms with van der Waals surface area (Å²) in [7, 11) is 0. The molecule has 3 N–H and O–H groups in total. The molecule has 2 aromatic heterocycles. The first-order chi connectivity index (χ1) is 14.0. The molecule has 8 nitrogen and oxygen atoms in total. The molecule has 0 bridgehead atoms. The van der Waals surface area contributed by atoms with Gasteiger partial charge in [0.15, 0.2) is 11.0 Å². The maximum absolute atomic E-state index is 12.6. The molecular formula is C20H22N6O2S. The highest BCUT2D eigenvalue weighted by Gasteiger charge is 2.20. The molecule has 1 aromatic carbocycles. The van der Waals surface area contributed by atoms with Crippen molar-refractivity contribution >= 4 is 29.3 Å².